The van der Waals surface area contributed by atoms with Crippen LogP contribution in [0.15, 0.2) is 54.6 Å². The van der Waals surface area contributed by atoms with E-state index < -0.39 is 0 Å². The summed E-state index contributed by atoms with van der Waals surface area (Å²) >= 11 is 2.31. The minimum atomic E-state index is 0.842. The van der Waals surface area contributed by atoms with Crippen molar-refractivity contribution in [1.82, 2.24) is 0 Å². The van der Waals surface area contributed by atoms with E-state index in [2.05, 4.69) is 34.7 Å². The monoisotopic (exact) mass is 366 g/mol. The molecular formula is C16H15IO2. The minimum Gasteiger partial charge on any atom is -0.497 e. The second-order valence-electron chi connectivity index (χ2n) is 3.94. The first-order valence-corrected chi connectivity index (χ1v) is 6.97. The van der Waals surface area contributed by atoms with Crippen LogP contribution in [-0.2, 0) is 4.74 Å². The fraction of sp³-hybridized carbons (Fsp3) is 0.125. The van der Waals surface area contributed by atoms with Crippen LogP contribution in [0.1, 0.15) is 11.1 Å². The molecular weight excluding hydrogens is 351 g/mol. The fourth-order valence-corrected chi connectivity index (χ4v) is 2.68. The summed E-state index contributed by atoms with van der Waals surface area (Å²) in [6, 6.07) is 18.1. The lowest BCUT2D eigenvalue weighted by Gasteiger charge is -2.11. The highest BCUT2D eigenvalue weighted by Gasteiger charge is 2.09. The molecule has 0 bridgehead atoms. The molecule has 2 rings (SSSR count). The molecule has 0 radical (unpaired) electrons. The van der Waals surface area contributed by atoms with Gasteiger partial charge >= 0.3 is 0 Å². The van der Waals surface area contributed by atoms with Gasteiger partial charge in [-0.05, 0) is 52.4 Å². The number of rotatable bonds is 4. The van der Waals surface area contributed by atoms with E-state index in [4.69, 9.17) is 9.47 Å². The van der Waals surface area contributed by atoms with E-state index in [0.29, 0.717) is 0 Å². The van der Waals surface area contributed by atoms with Gasteiger partial charge in [0.1, 0.15) is 11.5 Å². The van der Waals surface area contributed by atoms with Gasteiger partial charge in [0.25, 0.3) is 0 Å². The molecule has 0 aliphatic carbocycles. The van der Waals surface area contributed by atoms with Gasteiger partial charge in [0.2, 0.25) is 0 Å². The number of hydrogen-bond acceptors (Lipinski definition) is 2. The molecule has 0 atom stereocenters. The maximum absolute atomic E-state index is 5.56. The Morgan fingerprint density at radius 1 is 0.842 bits per heavy atom. The molecule has 0 fully saturated rings. The second-order valence-corrected chi connectivity index (χ2v) is 5.02. The SMILES string of the molecule is CO/C(=C(/I)c1ccccc1)c1ccc(OC)cc1. The van der Waals surface area contributed by atoms with Crippen LogP contribution in [0.4, 0.5) is 0 Å². The summed E-state index contributed by atoms with van der Waals surface area (Å²) in [5, 5.41) is 0. The van der Waals surface area contributed by atoms with Crippen molar-refractivity contribution in [2.75, 3.05) is 14.2 Å². The quantitative estimate of drug-likeness (QED) is 0.447. The van der Waals surface area contributed by atoms with Gasteiger partial charge in [-0.3, -0.25) is 0 Å². The fourth-order valence-electron chi connectivity index (χ4n) is 1.79. The van der Waals surface area contributed by atoms with Crippen LogP contribution in [0.5, 0.6) is 5.75 Å². The topological polar surface area (TPSA) is 18.5 Å². The van der Waals surface area contributed by atoms with Gasteiger partial charge in [-0.1, -0.05) is 30.3 Å². The van der Waals surface area contributed by atoms with E-state index in [0.717, 1.165) is 26.2 Å². The molecule has 3 heteroatoms. The first-order valence-electron chi connectivity index (χ1n) is 5.90. The van der Waals surface area contributed by atoms with Crippen LogP contribution in [0.2, 0.25) is 0 Å². The van der Waals surface area contributed by atoms with Crippen LogP contribution in [-0.4, -0.2) is 14.2 Å². The zero-order chi connectivity index (χ0) is 13.7. The molecule has 2 nitrogen and oxygen atoms in total. The summed E-state index contributed by atoms with van der Waals surface area (Å²) in [5.41, 5.74) is 2.19. The van der Waals surface area contributed by atoms with Crippen molar-refractivity contribution in [3.05, 3.63) is 65.7 Å². The predicted molar refractivity (Wildman–Crippen MR) is 87.3 cm³/mol. The Bertz CT molecular complexity index is 559. The molecule has 98 valence electrons. The molecule has 0 aromatic heterocycles. The highest BCUT2D eigenvalue weighted by Crippen LogP contribution is 2.32. The highest BCUT2D eigenvalue weighted by atomic mass is 127. The maximum Gasteiger partial charge on any atom is 0.140 e. The van der Waals surface area contributed by atoms with E-state index in [1.807, 2.05) is 42.5 Å². The normalized spacial score (nSPS) is 11.7. The van der Waals surface area contributed by atoms with Gasteiger partial charge in [-0.15, -0.1) is 0 Å². The van der Waals surface area contributed by atoms with Gasteiger partial charge in [0, 0.05) is 5.56 Å². The zero-order valence-electron chi connectivity index (χ0n) is 10.9. The predicted octanol–water partition coefficient (Wildman–Crippen LogP) is 4.60. The first kappa shape index (κ1) is 13.9. The summed E-state index contributed by atoms with van der Waals surface area (Å²) in [4.78, 5) is 0. The van der Waals surface area contributed by atoms with Crippen LogP contribution >= 0.6 is 22.6 Å². The van der Waals surface area contributed by atoms with Crippen LogP contribution in [0.3, 0.4) is 0 Å². The third-order valence-corrected chi connectivity index (χ3v) is 3.90. The Labute approximate surface area is 127 Å². The van der Waals surface area contributed by atoms with Crippen molar-refractivity contribution in [3.63, 3.8) is 0 Å². The Morgan fingerprint density at radius 2 is 1.47 bits per heavy atom. The summed E-state index contributed by atoms with van der Waals surface area (Å²) in [6.45, 7) is 0. The average molecular weight is 366 g/mol. The van der Waals surface area contributed by atoms with E-state index >= 15 is 0 Å². The number of halogens is 1. The molecule has 0 unspecified atom stereocenters. The molecule has 0 saturated heterocycles. The largest absolute Gasteiger partial charge is 0.497 e. The smallest absolute Gasteiger partial charge is 0.140 e. The summed E-state index contributed by atoms with van der Waals surface area (Å²) in [6.07, 6.45) is 0. The average Bonchev–Trinajstić information content (AvgIpc) is 2.49. The Balaban J connectivity index is 2.43. The third kappa shape index (κ3) is 3.29. The lowest BCUT2D eigenvalue weighted by atomic mass is 10.1. The molecule has 0 heterocycles. The van der Waals surface area contributed by atoms with Crippen molar-refractivity contribution in [3.8, 4) is 5.75 Å². The van der Waals surface area contributed by atoms with Crippen LogP contribution in [0, 0.1) is 0 Å². The van der Waals surface area contributed by atoms with Gasteiger partial charge in [-0.25, -0.2) is 0 Å². The molecule has 2 aromatic carbocycles. The Morgan fingerprint density at radius 3 is 2.00 bits per heavy atom. The van der Waals surface area contributed by atoms with Crippen molar-refractivity contribution < 1.29 is 9.47 Å². The molecule has 2 aromatic rings. The minimum absolute atomic E-state index is 0.842. The number of hydrogen-bond donors (Lipinski definition) is 0. The maximum atomic E-state index is 5.56. The van der Waals surface area contributed by atoms with Crippen molar-refractivity contribution >= 4 is 31.9 Å². The number of methoxy groups -OCH3 is 2. The van der Waals surface area contributed by atoms with E-state index in [1.54, 1.807) is 14.2 Å². The molecule has 0 aliphatic heterocycles. The third-order valence-electron chi connectivity index (χ3n) is 2.78. The summed E-state index contributed by atoms with van der Waals surface area (Å²) < 4.78 is 11.8. The molecule has 0 aliphatic rings. The molecule has 0 saturated carbocycles. The van der Waals surface area contributed by atoms with E-state index in [-0.39, 0.29) is 0 Å². The highest BCUT2D eigenvalue weighted by molar-refractivity contribution is 14.1. The van der Waals surface area contributed by atoms with Crippen molar-refractivity contribution in [1.29, 1.82) is 0 Å². The van der Waals surface area contributed by atoms with Gasteiger partial charge in [0.05, 0.1) is 17.8 Å². The van der Waals surface area contributed by atoms with Gasteiger partial charge in [-0.2, -0.15) is 0 Å². The molecule has 0 N–H and O–H groups in total. The van der Waals surface area contributed by atoms with Gasteiger partial charge in [0.15, 0.2) is 0 Å². The lowest BCUT2D eigenvalue weighted by molar-refractivity contribution is 0.372. The van der Waals surface area contributed by atoms with Crippen LogP contribution in [0.25, 0.3) is 9.34 Å². The summed E-state index contributed by atoms with van der Waals surface area (Å²) in [7, 11) is 3.36. The van der Waals surface area contributed by atoms with Crippen molar-refractivity contribution in [2.45, 2.75) is 0 Å². The second kappa shape index (κ2) is 6.61. The molecule has 0 amide bonds. The zero-order valence-corrected chi connectivity index (χ0v) is 13.0. The molecule has 19 heavy (non-hydrogen) atoms. The van der Waals surface area contributed by atoms with Crippen LogP contribution < -0.4 is 4.74 Å². The number of ether oxygens (including phenoxy) is 2. The first-order chi connectivity index (χ1) is 9.26. The Kier molecular flexibility index (Phi) is 4.85. The van der Waals surface area contributed by atoms with E-state index in [1.165, 1.54) is 0 Å². The Hall–Kier alpha value is -1.49. The van der Waals surface area contributed by atoms with Gasteiger partial charge < -0.3 is 9.47 Å². The van der Waals surface area contributed by atoms with E-state index in [9.17, 15) is 0 Å². The lowest BCUT2D eigenvalue weighted by Crippen LogP contribution is -1.91. The summed E-state index contributed by atoms with van der Waals surface area (Å²) in [5.74, 6) is 1.71. The molecule has 0 spiro atoms. The number of benzene rings is 2. The standard InChI is InChI=1S/C16H15IO2/c1-18-14-10-8-13(9-11-14)16(19-2)15(17)12-6-4-3-5-7-12/h3-11H,1-2H3/b16-15+. The van der Waals surface area contributed by atoms with Crippen molar-refractivity contribution in [2.24, 2.45) is 0 Å².